The van der Waals surface area contributed by atoms with Gasteiger partial charge < -0.3 is 5.11 Å². The summed E-state index contributed by atoms with van der Waals surface area (Å²) in [6.07, 6.45) is 4.82. The summed E-state index contributed by atoms with van der Waals surface area (Å²) in [6.45, 7) is 1.84. The minimum atomic E-state index is -0.277. The first-order valence-electron chi connectivity index (χ1n) is 4.57. The van der Waals surface area contributed by atoms with Crippen molar-refractivity contribution in [1.29, 1.82) is 0 Å². The fraction of sp³-hybridized carbons (Fsp3) is 0.600. The third-order valence-electron chi connectivity index (χ3n) is 2.43. The number of hydrogen-bond donors (Lipinski definition) is 1. The molecule has 0 bridgehead atoms. The van der Waals surface area contributed by atoms with E-state index in [0.29, 0.717) is 0 Å². The maximum atomic E-state index is 9.38. The zero-order valence-corrected chi connectivity index (χ0v) is 8.16. The van der Waals surface area contributed by atoms with Gasteiger partial charge in [0.1, 0.15) is 0 Å². The maximum absolute atomic E-state index is 9.38. The molecule has 1 aliphatic rings. The van der Waals surface area contributed by atoms with Crippen LogP contribution >= 0.6 is 11.3 Å². The topological polar surface area (TPSA) is 20.2 Å². The Bertz CT molecular complexity index is 252. The zero-order valence-electron chi connectivity index (χ0n) is 7.34. The summed E-state index contributed by atoms with van der Waals surface area (Å²) in [5.41, 5.74) is 1.49. The molecule has 2 rings (SSSR count). The maximum Gasteiger partial charge on any atom is 0.0854 e. The summed E-state index contributed by atoms with van der Waals surface area (Å²) in [6, 6.07) is 2.18. The van der Waals surface area contributed by atoms with Gasteiger partial charge in [-0.05, 0) is 44.2 Å². The van der Waals surface area contributed by atoms with Crippen molar-refractivity contribution in [3.05, 3.63) is 21.4 Å². The molecule has 0 saturated carbocycles. The second-order valence-electron chi connectivity index (χ2n) is 3.48. The molecule has 0 aromatic carbocycles. The highest BCUT2D eigenvalue weighted by Gasteiger charge is 2.14. The molecule has 12 heavy (non-hydrogen) atoms. The number of rotatable bonds is 1. The fourth-order valence-electron chi connectivity index (χ4n) is 1.72. The van der Waals surface area contributed by atoms with Gasteiger partial charge >= 0.3 is 0 Å². The second kappa shape index (κ2) is 3.19. The number of hydrogen-bond acceptors (Lipinski definition) is 2. The molecule has 1 aliphatic carbocycles. The minimum absolute atomic E-state index is 0.277. The van der Waals surface area contributed by atoms with Crippen molar-refractivity contribution in [3.63, 3.8) is 0 Å². The molecular formula is C10H14OS. The molecular weight excluding hydrogens is 168 g/mol. The van der Waals surface area contributed by atoms with Crippen LogP contribution in [0.4, 0.5) is 0 Å². The van der Waals surface area contributed by atoms with Crippen molar-refractivity contribution in [3.8, 4) is 0 Å². The molecule has 2 heteroatoms. The van der Waals surface area contributed by atoms with Gasteiger partial charge in [-0.25, -0.2) is 0 Å². The van der Waals surface area contributed by atoms with Gasteiger partial charge in [0.25, 0.3) is 0 Å². The highest BCUT2D eigenvalue weighted by atomic mass is 32.1. The highest BCUT2D eigenvalue weighted by Crippen LogP contribution is 2.32. The Morgan fingerprint density at radius 3 is 2.83 bits per heavy atom. The summed E-state index contributed by atoms with van der Waals surface area (Å²) in [5.74, 6) is 0. The number of aryl methyl sites for hydroxylation is 2. The van der Waals surface area contributed by atoms with Crippen LogP contribution < -0.4 is 0 Å². The lowest BCUT2D eigenvalue weighted by atomic mass is 9.99. The van der Waals surface area contributed by atoms with Crippen LogP contribution in [0.25, 0.3) is 0 Å². The average Bonchev–Trinajstić information content (AvgIpc) is 2.46. The SMILES string of the molecule is C[C@@H](O)c1cc2c(s1)CCCC2. The normalized spacial score (nSPS) is 18.8. The Labute approximate surface area is 77.0 Å². The molecule has 0 aliphatic heterocycles. The molecule has 0 radical (unpaired) electrons. The van der Waals surface area contributed by atoms with E-state index in [2.05, 4.69) is 6.07 Å². The third kappa shape index (κ3) is 1.41. The summed E-state index contributed by atoms with van der Waals surface area (Å²) in [5, 5.41) is 9.38. The lowest BCUT2D eigenvalue weighted by Gasteiger charge is -2.08. The van der Waals surface area contributed by atoms with E-state index in [1.165, 1.54) is 36.1 Å². The van der Waals surface area contributed by atoms with Crippen LogP contribution in [0.1, 0.15) is 41.2 Å². The molecule has 1 N–H and O–H groups in total. The summed E-state index contributed by atoms with van der Waals surface area (Å²) < 4.78 is 0. The number of aliphatic hydroxyl groups is 1. The van der Waals surface area contributed by atoms with E-state index < -0.39 is 0 Å². The van der Waals surface area contributed by atoms with Crippen molar-refractivity contribution in [2.45, 2.75) is 38.7 Å². The van der Waals surface area contributed by atoms with Crippen molar-refractivity contribution in [2.75, 3.05) is 0 Å². The molecule has 1 aromatic rings. The van der Waals surface area contributed by atoms with Crippen LogP contribution in [0.3, 0.4) is 0 Å². The first-order chi connectivity index (χ1) is 5.77. The van der Waals surface area contributed by atoms with E-state index in [1.54, 1.807) is 11.3 Å². The largest absolute Gasteiger partial charge is 0.388 e. The molecule has 1 heterocycles. The lowest BCUT2D eigenvalue weighted by molar-refractivity contribution is 0.203. The van der Waals surface area contributed by atoms with Crippen LogP contribution in [-0.4, -0.2) is 5.11 Å². The van der Waals surface area contributed by atoms with Crippen molar-refractivity contribution >= 4 is 11.3 Å². The second-order valence-corrected chi connectivity index (χ2v) is 4.65. The van der Waals surface area contributed by atoms with Gasteiger partial charge in [0.05, 0.1) is 6.10 Å². The number of aliphatic hydroxyl groups excluding tert-OH is 1. The fourth-order valence-corrected chi connectivity index (χ4v) is 2.91. The van der Waals surface area contributed by atoms with Gasteiger partial charge in [-0.3, -0.25) is 0 Å². The van der Waals surface area contributed by atoms with Crippen LogP contribution in [0.2, 0.25) is 0 Å². The van der Waals surface area contributed by atoms with Gasteiger partial charge in [0.2, 0.25) is 0 Å². The molecule has 1 aromatic heterocycles. The summed E-state index contributed by atoms with van der Waals surface area (Å²) >= 11 is 1.79. The van der Waals surface area contributed by atoms with Crippen molar-refractivity contribution in [2.24, 2.45) is 0 Å². The molecule has 0 fully saturated rings. The molecule has 1 atom stereocenters. The van der Waals surface area contributed by atoms with Crippen LogP contribution in [0, 0.1) is 0 Å². The average molecular weight is 182 g/mol. The van der Waals surface area contributed by atoms with Crippen molar-refractivity contribution < 1.29 is 5.11 Å². The monoisotopic (exact) mass is 182 g/mol. The standard InChI is InChI=1S/C10H14OS/c1-7(11)10-6-8-4-2-3-5-9(8)12-10/h6-7,11H,2-5H2,1H3/t7-/m1/s1. The Morgan fingerprint density at radius 2 is 2.17 bits per heavy atom. The Morgan fingerprint density at radius 1 is 1.42 bits per heavy atom. The number of thiophene rings is 1. The van der Waals surface area contributed by atoms with Crippen LogP contribution in [0.15, 0.2) is 6.07 Å². The van der Waals surface area contributed by atoms with Gasteiger partial charge in [0, 0.05) is 9.75 Å². The lowest BCUT2D eigenvalue weighted by Crippen LogP contribution is -1.96. The van der Waals surface area contributed by atoms with Gasteiger partial charge in [-0.15, -0.1) is 11.3 Å². The van der Waals surface area contributed by atoms with E-state index in [4.69, 9.17) is 0 Å². The highest BCUT2D eigenvalue weighted by molar-refractivity contribution is 7.12. The first kappa shape index (κ1) is 8.27. The van der Waals surface area contributed by atoms with Crippen LogP contribution in [-0.2, 0) is 12.8 Å². The Kier molecular flexibility index (Phi) is 2.20. The van der Waals surface area contributed by atoms with Gasteiger partial charge in [0.15, 0.2) is 0 Å². The van der Waals surface area contributed by atoms with E-state index in [9.17, 15) is 5.11 Å². The predicted octanol–water partition coefficient (Wildman–Crippen LogP) is 2.68. The van der Waals surface area contributed by atoms with Gasteiger partial charge in [-0.2, -0.15) is 0 Å². The molecule has 0 amide bonds. The Hall–Kier alpha value is -0.340. The Balaban J connectivity index is 2.32. The zero-order chi connectivity index (χ0) is 8.55. The molecule has 66 valence electrons. The van der Waals surface area contributed by atoms with E-state index in [1.807, 2.05) is 6.92 Å². The predicted molar refractivity (Wildman–Crippen MR) is 51.6 cm³/mol. The van der Waals surface area contributed by atoms with E-state index in [-0.39, 0.29) is 6.10 Å². The van der Waals surface area contributed by atoms with Crippen LogP contribution in [0.5, 0.6) is 0 Å². The molecule has 0 saturated heterocycles. The summed E-state index contributed by atoms with van der Waals surface area (Å²) in [4.78, 5) is 2.65. The molecule has 0 unspecified atom stereocenters. The van der Waals surface area contributed by atoms with Crippen molar-refractivity contribution in [1.82, 2.24) is 0 Å². The minimum Gasteiger partial charge on any atom is -0.388 e. The smallest absolute Gasteiger partial charge is 0.0854 e. The van der Waals surface area contributed by atoms with Gasteiger partial charge in [-0.1, -0.05) is 0 Å². The quantitative estimate of drug-likeness (QED) is 0.708. The molecule has 1 nitrogen and oxygen atoms in total. The van der Waals surface area contributed by atoms with E-state index in [0.717, 1.165) is 4.88 Å². The first-order valence-corrected chi connectivity index (χ1v) is 5.38. The summed E-state index contributed by atoms with van der Waals surface area (Å²) in [7, 11) is 0. The third-order valence-corrected chi connectivity index (χ3v) is 3.83. The molecule has 0 spiro atoms. The van der Waals surface area contributed by atoms with E-state index >= 15 is 0 Å². The number of fused-ring (bicyclic) bond motifs is 1.